The van der Waals surface area contributed by atoms with Crippen molar-refractivity contribution in [2.75, 3.05) is 6.54 Å². The summed E-state index contributed by atoms with van der Waals surface area (Å²) in [4.78, 5) is 22.4. The Morgan fingerprint density at radius 3 is 2.32 bits per heavy atom. The van der Waals surface area contributed by atoms with Crippen LogP contribution in [0.15, 0.2) is 54.6 Å². The number of nitrogens with zero attached hydrogens (tertiary/aromatic N) is 1. The van der Waals surface area contributed by atoms with Gasteiger partial charge in [-0.25, -0.2) is 0 Å². The van der Waals surface area contributed by atoms with Gasteiger partial charge in [0.2, 0.25) is 5.91 Å². The number of amides is 1. The van der Waals surface area contributed by atoms with E-state index < -0.39 is 4.92 Å². The first kappa shape index (κ1) is 20.6. The summed E-state index contributed by atoms with van der Waals surface area (Å²) in [6.45, 7) is 2.27. The molecule has 0 fully saturated rings. The lowest BCUT2D eigenvalue weighted by Crippen LogP contribution is -2.36. The van der Waals surface area contributed by atoms with E-state index in [0.717, 1.165) is 11.1 Å². The van der Waals surface area contributed by atoms with Gasteiger partial charge in [0.05, 0.1) is 10.8 Å². The van der Waals surface area contributed by atoms with Gasteiger partial charge in [0, 0.05) is 24.7 Å². The molecule has 0 heterocycles. The van der Waals surface area contributed by atoms with Crippen molar-refractivity contribution in [1.82, 2.24) is 5.32 Å². The predicted molar refractivity (Wildman–Crippen MR) is 99.6 cm³/mol. The monoisotopic (exact) mass is 363 g/mol. The maximum Gasteiger partial charge on any atom is 0.269 e. The largest absolute Gasteiger partial charge is 0.355 e. The van der Waals surface area contributed by atoms with Gasteiger partial charge in [-0.2, -0.15) is 0 Å². The van der Waals surface area contributed by atoms with E-state index in [0.29, 0.717) is 13.0 Å². The zero-order chi connectivity index (χ0) is 17.5. The molecule has 0 spiro atoms. The van der Waals surface area contributed by atoms with Crippen LogP contribution in [0.2, 0.25) is 0 Å². The Balaban J connectivity index is 0.00000312. The highest BCUT2D eigenvalue weighted by Gasteiger charge is 2.21. The third-order valence-electron chi connectivity index (χ3n) is 4.00. The van der Waals surface area contributed by atoms with Crippen LogP contribution in [-0.2, 0) is 11.2 Å². The Bertz CT molecular complexity index is 692. The number of nitro groups is 1. The van der Waals surface area contributed by atoms with Crippen molar-refractivity contribution in [2.24, 2.45) is 11.7 Å². The first-order chi connectivity index (χ1) is 11.5. The van der Waals surface area contributed by atoms with Crippen molar-refractivity contribution in [3.05, 3.63) is 75.8 Å². The third kappa shape index (κ3) is 5.85. The van der Waals surface area contributed by atoms with E-state index in [1.165, 1.54) is 12.1 Å². The highest BCUT2D eigenvalue weighted by atomic mass is 35.5. The summed E-state index contributed by atoms with van der Waals surface area (Å²) in [5.74, 6) is -0.447. The number of halogens is 1. The quantitative estimate of drug-likeness (QED) is 0.583. The van der Waals surface area contributed by atoms with Crippen molar-refractivity contribution < 1.29 is 9.72 Å². The highest BCUT2D eigenvalue weighted by molar-refractivity contribution is 5.85. The topological polar surface area (TPSA) is 98.3 Å². The van der Waals surface area contributed by atoms with Gasteiger partial charge >= 0.3 is 0 Å². The second-order valence-corrected chi connectivity index (χ2v) is 5.69. The number of hydrogen-bond acceptors (Lipinski definition) is 4. The number of carbonyl (C=O) groups excluding carboxylic acids is 1. The van der Waals surface area contributed by atoms with Gasteiger partial charge < -0.3 is 11.1 Å². The minimum Gasteiger partial charge on any atom is -0.355 e. The molecule has 0 radical (unpaired) electrons. The van der Waals surface area contributed by atoms with Crippen LogP contribution in [0.4, 0.5) is 5.69 Å². The fourth-order valence-electron chi connectivity index (χ4n) is 2.40. The van der Waals surface area contributed by atoms with Crippen LogP contribution in [0, 0.1) is 16.0 Å². The molecular formula is C18H22ClN3O3. The van der Waals surface area contributed by atoms with Gasteiger partial charge in [-0.15, -0.1) is 12.4 Å². The fraction of sp³-hybridized carbons (Fsp3) is 0.278. The molecule has 2 unspecified atom stereocenters. The number of nitrogens with two attached hydrogens (primary N) is 1. The van der Waals surface area contributed by atoms with Crippen LogP contribution < -0.4 is 11.1 Å². The van der Waals surface area contributed by atoms with Crippen LogP contribution in [0.5, 0.6) is 0 Å². The van der Waals surface area contributed by atoms with Crippen LogP contribution in [0.1, 0.15) is 24.1 Å². The molecule has 0 saturated carbocycles. The molecule has 3 N–H and O–H groups in total. The number of rotatable bonds is 7. The second-order valence-electron chi connectivity index (χ2n) is 5.69. The van der Waals surface area contributed by atoms with E-state index in [1.54, 1.807) is 19.1 Å². The zero-order valence-electron chi connectivity index (χ0n) is 13.9. The maximum atomic E-state index is 12.2. The first-order valence-corrected chi connectivity index (χ1v) is 7.80. The molecule has 0 bridgehead atoms. The summed E-state index contributed by atoms with van der Waals surface area (Å²) in [5.41, 5.74) is 8.06. The van der Waals surface area contributed by atoms with E-state index in [2.05, 4.69) is 5.32 Å². The van der Waals surface area contributed by atoms with Crippen LogP contribution in [0.25, 0.3) is 0 Å². The average molecular weight is 364 g/mol. The zero-order valence-corrected chi connectivity index (χ0v) is 14.7. The highest BCUT2D eigenvalue weighted by Crippen LogP contribution is 2.19. The van der Waals surface area contributed by atoms with Crippen molar-refractivity contribution in [2.45, 2.75) is 19.4 Å². The molecular weight excluding hydrogens is 342 g/mol. The lowest BCUT2D eigenvalue weighted by Gasteiger charge is -2.19. The van der Waals surface area contributed by atoms with E-state index in [1.807, 2.05) is 30.3 Å². The molecule has 0 aliphatic rings. The van der Waals surface area contributed by atoms with Crippen LogP contribution in [0.3, 0.4) is 0 Å². The SMILES string of the molecule is CC(C(=O)NCCc1ccc([N+](=O)[O-])cc1)C(N)c1ccccc1.Cl. The normalized spacial score (nSPS) is 12.6. The van der Waals surface area contributed by atoms with Gasteiger partial charge in [-0.05, 0) is 17.5 Å². The standard InChI is InChI=1S/C18H21N3O3.ClH/c1-13(17(19)15-5-3-2-4-6-15)18(22)20-12-11-14-7-9-16(10-8-14)21(23)24;/h2-10,13,17H,11-12,19H2,1H3,(H,20,22);1H. The summed E-state index contributed by atoms with van der Waals surface area (Å²) >= 11 is 0. The van der Waals surface area contributed by atoms with Gasteiger partial charge in [0.15, 0.2) is 0 Å². The Kier molecular flexibility index (Phi) is 8.04. The average Bonchev–Trinajstić information content (AvgIpc) is 2.61. The second kappa shape index (κ2) is 9.76. The predicted octanol–water partition coefficient (Wildman–Crippen LogP) is 3.01. The molecule has 25 heavy (non-hydrogen) atoms. The van der Waals surface area contributed by atoms with Crippen molar-refractivity contribution in [3.8, 4) is 0 Å². The Morgan fingerprint density at radius 1 is 1.16 bits per heavy atom. The van der Waals surface area contributed by atoms with Gasteiger partial charge in [-0.1, -0.05) is 49.4 Å². The summed E-state index contributed by atoms with van der Waals surface area (Å²) in [6, 6.07) is 15.5. The Morgan fingerprint density at radius 2 is 1.76 bits per heavy atom. The first-order valence-electron chi connectivity index (χ1n) is 7.80. The number of hydrogen-bond donors (Lipinski definition) is 2. The fourth-order valence-corrected chi connectivity index (χ4v) is 2.40. The lowest BCUT2D eigenvalue weighted by molar-refractivity contribution is -0.384. The Labute approximate surface area is 153 Å². The minimum atomic E-state index is -0.432. The molecule has 0 aliphatic carbocycles. The van der Waals surface area contributed by atoms with E-state index in [-0.39, 0.29) is 36.0 Å². The molecule has 0 aromatic heterocycles. The minimum absolute atomic E-state index is 0. The molecule has 2 atom stereocenters. The molecule has 1 amide bonds. The van der Waals surface area contributed by atoms with Crippen LogP contribution in [-0.4, -0.2) is 17.4 Å². The number of nitrogens with one attached hydrogen (secondary N) is 1. The number of carbonyl (C=O) groups is 1. The number of nitro benzene ring substituents is 1. The molecule has 0 aliphatic heterocycles. The molecule has 0 saturated heterocycles. The molecule has 7 heteroatoms. The maximum absolute atomic E-state index is 12.2. The summed E-state index contributed by atoms with van der Waals surface area (Å²) in [5, 5.41) is 13.5. The molecule has 6 nitrogen and oxygen atoms in total. The van der Waals surface area contributed by atoms with Gasteiger partial charge in [0.1, 0.15) is 0 Å². The van der Waals surface area contributed by atoms with Gasteiger partial charge in [0.25, 0.3) is 5.69 Å². The van der Waals surface area contributed by atoms with E-state index in [9.17, 15) is 14.9 Å². The molecule has 134 valence electrons. The van der Waals surface area contributed by atoms with Crippen molar-refractivity contribution in [1.29, 1.82) is 0 Å². The van der Waals surface area contributed by atoms with E-state index >= 15 is 0 Å². The molecule has 2 rings (SSSR count). The Hall–Kier alpha value is -2.44. The van der Waals surface area contributed by atoms with Crippen molar-refractivity contribution >= 4 is 24.0 Å². The van der Waals surface area contributed by atoms with E-state index in [4.69, 9.17) is 5.73 Å². The summed E-state index contributed by atoms with van der Waals surface area (Å²) in [6.07, 6.45) is 0.608. The molecule has 2 aromatic carbocycles. The van der Waals surface area contributed by atoms with Crippen molar-refractivity contribution in [3.63, 3.8) is 0 Å². The summed E-state index contributed by atoms with van der Waals surface area (Å²) < 4.78 is 0. The lowest BCUT2D eigenvalue weighted by atomic mass is 9.94. The summed E-state index contributed by atoms with van der Waals surface area (Å²) in [7, 11) is 0. The van der Waals surface area contributed by atoms with Gasteiger partial charge in [-0.3, -0.25) is 14.9 Å². The third-order valence-corrected chi connectivity index (χ3v) is 4.00. The number of non-ortho nitro benzene ring substituents is 1. The van der Waals surface area contributed by atoms with Crippen LogP contribution >= 0.6 is 12.4 Å². The number of benzene rings is 2. The molecule has 2 aromatic rings. The smallest absolute Gasteiger partial charge is 0.269 e.